The number of hydrogen-bond donors (Lipinski definition) is 2. The number of carbonyl (C=O) groups is 1. The van der Waals surface area contributed by atoms with Gasteiger partial charge in [0.05, 0.1) is 6.61 Å². The summed E-state index contributed by atoms with van der Waals surface area (Å²) in [5.41, 5.74) is 5.19. The van der Waals surface area contributed by atoms with Crippen molar-refractivity contribution in [2.75, 3.05) is 13.2 Å². The molecule has 1 saturated carbocycles. The molecule has 4 heteroatoms. The highest BCUT2D eigenvalue weighted by Crippen LogP contribution is 2.32. The lowest BCUT2D eigenvalue weighted by atomic mass is 10.2. The number of aliphatic hydroxyl groups is 1. The van der Waals surface area contributed by atoms with E-state index in [4.69, 9.17) is 15.6 Å². The molecule has 1 atom stereocenters. The van der Waals surface area contributed by atoms with Gasteiger partial charge < -0.3 is 15.6 Å². The zero-order chi connectivity index (χ0) is 9.68. The van der Waals surface area contributed by atoms with Crippen LogP contribution in [0.15, 0.2) is 0 Å². The number of aliphatic hydroxyl groups excluding tert-OH is 1. The average Bonchev–Trinajstić information content (AvgIpc) is 2.88. The zero-order valence-electron chi connectivity index (χ0n) is 7.74. The van der Waals surface area contributed by atoms with Crippen molar-refractivity contribution in [3.05, 3.63) is 0 Å². The zero-order valence-corrected chi connectivity index (χ0v) is 7.74. The Hall–Kier alpha value is -0.610. The third-order valence-corrected chi connectivity index (χ3v) is 2.18. The first-order valence-corrected chi connectivity index (χ1v) is 4.79. The lowest BCUT2D eigenvalue weighted by Gasteiger charge is -2.08. The van der Waals surface area contributed by atoms with Crippen molar-refractivity contribution in [3.8, 4) is 0 Å². The van der Waals surface area contributed by atoms with Crippen LogP contribution < -0.4 is 5.73 Å². The molecule has 1 fully saturated rings. The van der Waals surface area contributed by atoms with Crippen molar-refractivity contribution >= 4 is 5.97 Å². The van der Waals surface area contributed by atoms with Gasteiger partial charge in [0.25, 0.3) is 0 Å². The van der Waals surface area contributed by atoms with Gasteiger partial charge >= 0.3 is 5.97 Å². The van der Waals surface area contributed by atoms with Crippen LogP contribution in [-0.2, 0) is 9.53 Å². The average molecular weight is 187 g/mol. The summed E-state index contributed by atoms with van der Waals surface area (Å²) in [7, 11) is 0. The predicted molar refractivity (Wildman–Crippen MR) is 48.0 cm³/mol. The lowest BCUT2D eigenvalue weighted by Crippen LogP contribution is -2.26. The Morgan fingerprint density at radius 3 is 2.85 bits per heavy atom. The van der Waals surface area contributed by atoms with Gasteiger partial charge in [0.1, 0.15) is 0 Å². The van der Waals surface area contributed by atoms with Crippen molar-refractivity contribution in [1.82, 2.24) is 0 Å². The van der Waals surface area contributed by atoms with E-state index in [1.54, 1.807) is 0 Å². The summed E-state index contributed by atoms with van der Waals surface area (Å²) >= 11 is 0. The molecule has 1 aliphatic carbocycles. The van der Waals surface area contributed by atoms with Gasteiger partial charge in [-0.15, -0.1) is 0 Å². The second kappa shape index (κ2) is 5.19. The number of nitrogens with two attached hydrogens (primary N) is 1. The van der Waals surface area contributed by atoms with Gasteiger partial charge in [-0.3, -0.25) is 0 Å². The van der Waals surface area contributed by atoms with Crippen LogP contribution in [0.25, 0.3) is 0 Å². The van der Waals surface area contributed by atoms with Gasteiger partial charge in [0.2, 0.25) is 0 Å². The minimum Gasteiger partial charge on any atom is -0.464 e. The highest BCUT2D eigenvalue weighted by atomic mass is 16.5. The first kappa shape index (κ1) is 10.5. The third-order valence-electron chi connectivity index (χ3n) is 2.18. The topological polar surface area (TPSA) is 72.5 Å². The predicted octanol–water partition coefficient (Wildman–Crippen LogP) is 0.0394. The molecule has 3 N–H and O–H groups in total. The van der Waals surface area contributed by atoms with Crippen molar-refractivity contribution < 1.29 is 14.6 Å². The summed E-state index contributed by atoms with van der Waals surface area (Å²) in [6, 6.07) is 0. The van der Waals surface area contributed by atoms with Crippen molar-refractivity contribution in [1.29, 1.82) is 0 Å². The second-order valence-electron chi connectivity index (χ2n) is 3.49. The second-order valence-corrected chi connectivity index (χ2v) is 3.49. The van der Waals surface area contributed by atoms with E-state index in [1.807, 2.05) is 0 Å². The molecule has 13 heavy (non-hydrogen) atoms. The van der Waals surface area contributed by atoms with Crippen molar-refractivity contribution in [2.45, 2.75) is 31.8 Å². The molecule has 0 bridgehead atoms. The van der Waals surface area contributed by atoms with Crippen LogP contribution in [0.3, 0.4) is 0 Å². The molecule has 0 heterocycles. The molecule has 1 aliphatic rings. The molecular formula is C9H17NO3. The Morgan fingerprint density at radius 2 is 2.31 bits per heavy atom. The fourth-order valence-electron chi connectivity index (χ4n) is 1.10. The molecule has 1 rings (SSSR count). The number of hydrogen-bond acceptors (Lipinski definition) is 4. The number of rotatable bonds is 6. The minimum absolute atomic E-state index is 0.280. The van der Waals surface area contributed by atoms with Gasteiger partial charge in [0.15, 0.2) is 6.10 Å². The van der Waals surface area contributed by atoms with Gasteiger partial charge in [-0.2, -0.15) is 0 Å². The van der Waals surface area contributed by atoms with E-state index in [2.05, 4.69) is 0 Å². The molecule has 0 spiro atoms. The van der Waals surface area contributed by atoms with Crippen molar-refractivity contribution in [3.63, 3.8) is 0 Å². The first-order chi connectivity index (χ1) is 6.24. The van der Waals surface area contributed by atoms with Crippen LogP contribution in [0.4, 0.5) is 0 Å². The monoisotopic (exact) mass is 187 g/mol. The quantitative estimate of drug-likeness (QED) is 0.576. The summed E-state index contributed by atoms with van der Waals surface area (Å²) in [6.45, 7) is 0.740. The Morgan fingerprint density at radius 1 is 1.62 bits per heavy atom. The Labute approximate surface area is 78.1 Å². The molecule has 0 aliphatic heterocycles. The van der Waals surface area contributed by atoms with Gasteiger partial charge in [-0.1, -0.05) is 12.8 Å². The molecule has 0 aromatic heterocycles. The molecular weight excluding hydrogens is 170 g/mol. The fraction of sp³-hybridized carbons (Fsp3) is 0.889. The van der Waals surface area contributed by atoms with Crippen LogP contribution in [0, 0.1) is 5.92 Å². The molecule has 0 aromatic carbocycles. The molecule has 4 nitrogen and oxygen atoms in total. The summed E-state index contributed by atoms with van der Waals surface area (Å²) in [6.07, 6.45) is 2.68. The SMILES string of the molecule is NCCC(O)C(=O)OCCC1CC1. The van der Waals surface area contributed by atoms with E-state index in [-0.39, 0.29) is 6.42 Å². The number of carbonyl (C=O) groups excluding carboxylic acids is 1. The van der Waals surface area contributed by atoms with Gasteiger partial charge in [-0.25, -0.2) is 4.79 Å². The van der Waals surface area contributed by atoms with E-state index in [9.17, 15) is 4.79 Å². The van der Waals surface area contributed by atoms with Crippen LogP contribution in [-0.4, -0.2) is 30.3 Å². The molecule has 1 unspecified atom stereocenters. The normalized spacial score (nSPS) is 18.3. The summed E-state index contributed by atoms with van der Waals surface area (Å²) in [5.74, 6) is 0.213. The Balaban J connectivity index is 2.01. The van der Waals surface area contributed by atoms with E-state index in [1.165, 1.54) is 12.8 Å². The van der Waals surface area contributed by atoms with E-state index in [0.29, 0.717) is 13.2 Å². The van der Waals surface area contributed by atoms with E-state index >= 15 is 0 Å². The summed E-state index contributed by atoms with van der Waals surface area (Å²) in [5, 5.41) is 9.14. The van der Waals surface area contributed by atoms with Gasteiger partial charge in [-0.05, 0) is 25.3 Å². The maximum atomic E-state index is 11.0. The maximum Gasteiger partial charge on any atom is 0.335 e. The van der Waals surface area contributed by atoms with Crippen LogP contribution >= 0.6 is 0 Å². The number of esters is 1. The van der Waals surface area contributed by atoms with Crippen LogP contribution in [0.1, 0.15) is 25.7 Å². The highest BCUT2D eigenvalue weighted by molar-refractivity contribution is 5.74. The first-order valence-electron chi connectivity index (χ1n) is 4.79. The molecule has 0 aromatic rings. The van der Waals surface area contributed by atoms with E-state index < -0.39 is 12.1 Å². The van der Waals surface area contributed by atoms with Gasteiger partial charge in [0, 0.05) is 0 Å². The Kier molecular flexibility index (Phi) is 4.18. The lowest BCUT2D eigenvalue weighted by molar-refractivity contribution is -0.153. The van der Waals surface area contributed by atoms with Crippen LogP contribution in [0.5, 0.6) is 0 Å². The molecule has 0 amide bonds. The fourth-order valence-corrected chi connectivity index (χ4v) is 1.10. The number of ether oxygens (including phenoxy) is 1. The standard InChI is InChI=1S/C9H17NO3/c10-5-3-8(11)9(12)13-6-4-7-1-2-7/h7-8,11H,1-6,10H2. The third kappa shape index (κ3) is 4.24. The molecule has 0 saturated heterocycles. The highest BCUT2D eigenvalue weighted by Gasteiger charge is 2.22. The minimum atomic E-state index is -1.04. The smallest absolute Gasteiger partial charge is 0.335 e. The summed E-state index contributed by atoms with van der Waals surface area (Å²) in [4.78, 5) is 11.0. The largest absolute Gasteiger partial charge is 0.464 e. The van der Waals surface area contributed by atoms with E-state index in [0.717, 1.165) is 12.3 Å². The van der Waals surface area contributed by atoms with Crippen molar-refractivity contribution in [2.24, 2.45) is 11.7 Å². The van der Waals surface area contributed by atoms with Crippen LogP contribution in [0.2, 0.25) is 0 Å². The molecule has 0 radical (unpaired) electrons. The molecule has 76 valence electrons. The maximum absolute atomic E-state index is 11.0. The summed E-state index contributed by atoms with van der Waals surface area (Å²) < 4.78 is 4.86. The Bertz CT molecular complexity index is 168.